The van der Waals surface area contributed by atoms with Crippen LogP contribution in [0.4, 0.5) is 5.69 Å². The minimum Gasteiger partial charge on any atom is -0.449 e. The summed E-state index contributed by atoms with van der Waals surface area (Å²) in [7, 11) is 0. The Morgan fingerprint density at radius 1 is 1.29 bits per heavy atom. The Morgan fingerprint density at radius 3 is 2.52 bits per heavy atom. The Hall–Kier alpha value is -1.63. The van der Waals surface area contributed by atoms with E-state index >= 15 is 0 Å². The molecule has 0 fully saturated rings. The average molecular weight is 372 g/mol. The minimum absolute atomic E-state index is 0.124. The molecule has 0 saturated carbocycles. The van der Waals surface area contributed by atoms with E-state index in [2.05, 4.69) is 15.9 Å². The van der Waals surface area contributed by atoms with E-state index in [0.717, 1.165) is 5.56 Å². The first kappa shape index (κ1) is 15.8. The van der Waals surface area contributed by atoms with Crippen LogP contribution in [0, 0.1) is 10.1 Å². The van der Waals surface area contributed by atoms with Gasteiger partial charge < -0.3 is 10.5 Å². The van der Waals surface area contributed by atoms with E-state index in [-0.39, 0.29) is 17.5 Å². The zero-order chi connectivity index (χ0) is 15.6. The van der Waals surface area contributed by atoms with Crippen LogP contribution in [-0.4, -0.2) is 4.92 Å². The Morgan fingerprint density at radius 2 is 1.95 bits per heavy atom. The van der Waals surface area contributed by atoms with Crippen molar-refractivity contribution in [1.82, 2.24) is 0 Å². The molecule has 5 nitrogen and oxygen atoms in total. The number of hydrogen-bond donors (Lipinski definition) is 1. The molecular weight excluding hydrogens is 360 g/mol. The third kappa shape index (κ3) is 3.72. The van der Waals surface area contributed by atoms with E-state index in [9.17, 15) is 10.1 Å². The topological polar surface area (TPSA) is 78.4 Å². The summed E-state index contributed by atoms with van der Waals surface area (Å²) in [6.07, 6.45) is 0. The van der Waals surface area contributed by atoms with Gasteiger partial charge in [-0.2, -0.15) is 0 Å². The molecule has 0 bridgehead atoms. The van der Waals surface area contributed by atoms with Crippen LogP contribution in [0.25, 0.3) is 0 Å². The molecule has 0 amide bonds. The molecule has 21 heavy (non-hydrogen) atoms. The number of nitrogens with two attached hydrogens (primary N) is 1. The van der Waals surface area contributed by atoms with Gasteiger partial charge in [-0.1, -0.05) is 33.6 Å². The maximum Gasteiger partial charge on any atom is 0.312 e. The fraction of sp³-hybridized carbons (Fsp3) is 0.143. The molecule has 2 N–H and O–H groups in total. The number of nitro benzene ring substituents is 1. The fourth-order valence-corrected chi connectivity index (χ4v) is 2.30. The van der Waals surface area contributed by atoms with Crippen LogP contribution in [0.5, 0.6) is 11.5 Å². The zero-order valence-corrected chi connectivity index (χ0v) is 13.4. The highest BCUT2D eigenvalue weighted by Crippen LogP contribution is 2.37. The molecule has 110 valence electrons. The van der Waals surface area contributed by atoms with E-state index in [4.69, 9.17) is 22.1 Å². The summed E-state index contributed by atoms with van der Waals surface area (Å²) in [6, 6.07) is 9.50. The summed E-state index contributed by atoms with van der Waals surface area (Å²) in [5.41, 5.74) is 6.49. The fourth-order valence-electron chi connectivity index (χ4n) is 1.72. The Bertz CT molecular complexity index is 692. The Kier molecular flexibility index (Phi) is 4.82. The van der Waals surface area contributed by atoms with Crippen molar-refractivity contribution >= 4 is 33.2 Å². The second kappa shape index (κ2) is 6.43. The number of benzene rings is 2. The monoisotopic (exact) mass is 370 g/mol. The van der Waals surface area contributed by atoms with Gasteiger partial charge in [-0.05, 0) is 36.8 Å². The second-order valence-electron chi connectivity index (χ2n) is 4.45. The van der Waals surface area contributed by atoms with Crippen molar-refractivity contribution < 1.29 is 9.66 Å². The molecule has 7 heteroatoms. The van der Waals surface area contributed by atoms with Gasteiger partial charge in [-0.25, -0.2) is 0 Å². The summed E-state index contributed by atoms with van der Waals surface area (Å²) in [5.74, 6) is 0.463. The summed E-state index contributed by atoms with van der Waals surface area (Å²) < 4.78 is 6.15. The number of nitro groups is 1. The summed E-state index contributed by atoms with van der Waals surface area (Å²) >= 11 is 9.32. The van der Waals surface area contributed by atoms with Crippen LogP contribution in [0.15, 0.2) is 40.9 Å². The summed E-state index contributed by atoms with van der Waals surface area (Å²) in [4.78, 5) is 10.5. The van der Waals surface area contributed by atoms with Crippen LogP contribution in [0.2, 0.25) is 5.02 Å². The van der Waals surface area contributed by atoms with Gasteiger partial charge in [0.1, 0.15) is 5.75 Å². The van der Waals surface area contributed by atoms with Crippen LogP contribution >= 0.6 is 27.5 Å². The predicted molar refractivity (Wildman–Crippen MR) is 84.9 cm³/mol. The molecule has 0 heterocycles. The van der Waals surface area contributed by atoms with Crippen LogP contribution < -0.4 is 10.5 Å². The zero-order valence-electron chi connectivity index (χ0n) is 11.0. The number of halogens is 2. The van der Waals surface area contributed by atoms with E-state index in [1.807, 2.05) is 6.92 Å². The lowest BCUT2D eigenvalue weighted by atomic mass is 10.1. The largest absolute Gasteiger partial charge is 0.449 e. The van der Waals surface area contributed by atoms with Crippen LogP contribution in [-0.2, 0) is 0 Å². The highest BCUT2D eigenvalue weighted by Gasteiger charge is 2.17. The lowest BCUT2D eigenvalue weighted by Crippen LogP contribution is -2.04. The van der Waals surface area contributed by atoms with Crippen molar-refractivity contribution in [2.24, 2.45) is 5.73 Å². The maximum atomic E-state index is 11.0. The van der Waals surface area contributed by atoms with Crippen molar-refractivity contribution in [2.45, 2.75) is 13.0 Å². The van der Waals surface area contributed by atoms with Gasteiger partial charge in [0.25, 0.3) is 0 Å². The van der Waals surface area contributed by atoms with Gasteiger partial charge in [0, 0.05) is 16.6 Å². The summed E-state index contributed by atoms with van der Waals surface area (Å²) in [5, 5.41) is 11.4. The van der Waals surface area contributed by atoms with Crippen molar-refractivity contribution in [3.63, 3.8) is 0 Å². The first-order valence-electron chi connectivity index (χ1n) is 6.05. The van der Waals surface area contributed by atoms with Gasteiger partial charge in [-0.3, -0.25) is 10.1 Å². The maximum absolute atomic E-state index is 11.0. The van der Waals surface area contributed by atoms with E-state index < -0.39 is 4.92 Å². The van der Waals surface area contributed by atoms with E-state index in [1.165, 1.54) is 12.1 Å². The van der Waals surface area contributed by atoms with E-state index in [0.29, 0.717) is 15.2 Å². The van der Waals surface area contributed by atoms with Gasteiger partial charge in [0.2, 0.25) is 5.75 Å². The van der Waals surface area contributed by atoms with Crippen molar-refractivity contribution in [2.75, 3.05) is 0 Å². The lowest BCUT2D eigenvalue weighted by Gasteiger charge is -2.11. The number of nitrogens with zero attached hydrogens (tertiary/aromatic N) is 1. The molecule has 2 rings (SSSR count). The van der Waals surface area contributed by atoms with E-state index in [1.54, 1.807) is 24.3 Å². The van der Waals surface area contributed by atoms with Crippen molar-refractivity contribution in [3.05, 3.63) is 61.6 Å². The quantitative estimate of drug-likeness (QED) is 0.617. The predicted octanol–water partition coefficient (Wildman–Crippen LogP) is 4.82. The average Bonchev–Trinajstić information content (AvgIpc) is 2.42. The summed E-state index contributed by atoms with van der Waals surface area (Å²) in [6.45, 7) is 1.84. The third-order valence-electron chi connectivity index (χ3n) is 2.82. The molecule has 1 atom stereocenters. The first-order chi connectivity index (χ1) is 9.88. The molecule has 0 aliphatic rings. The van der Waals surface area contributed by atoms with Crippen LogP contribution in [0.1, 0.15) is 18.5 Å². The molecule has 0 saturated heterocycles. The Labute approximate surface area is 134 Å². The lowest BCUT2D eigenvalue weighted by molar-refractivity contribution is -0.385. The highest BCUT2D eigenvalue weighted by molar-refractivity contribution is 9.10. The second-order valence-corrected chi connectivity index (χ2v) is 5.77. The molecular formula is C14H12BrClN2O3. The van der Waals surface area contributed by atoms with Gasteiger partial charge in [0.15, 0.2) is 0 Å². The molecule has 0 aromatic heterocycles. The molecule has 0 spiro atoms. The SMILES string of the molecule is CC(N)c1ccc(Oc2ccc(Br)cc2[N+](=O)[O-])c(Cl)c1. The molecule has 2 aromatic rings. The standard InChI is InChI=1S/C14H12BrClN2O3/c1-8(17)9-2-4-13(11(16)6-9)21-14-5-3-10(15)7-12(14)18(19)20/h2-8H,17H2,1H3. The molecule has 0 aliphatic heterocycles. The van der Waals surface area contributed by atoms with Gasteiger partial charge >= 0.3 is 5.69 Å². The normalized spacial score (nSPS) is 12.0. The van der Waals surface area contributed by atoms with Gasteiger partial charge in [0.05, 0.1) is 9.95 Å². The molecule has 2 aromatic carbocycles. The van der Waals surface area contributed by atoms with Crippen molar-refractivity contribution in [1.29, 1.82) is 0 Å². The third-order valence-corrected chi connectivity index (χ3v) is 3.61. The van der Waals surface area contributed by atoms with Crippen LogP contribution in [0.3, 0.4) is 0 Å². The molecule has 1 unspecified atom stereocenters. The highest BCUT2D eigenvalue weighted by atomic mass is 79.9. The van der Waals surface area contributed by atoms with Gasteiger partial charge in [-0.15, -0.1) is 0 Å². The number of ether oxygens (including phenoxy) is 1. The smallest absolute Gasteiger partial charge is 0.312 e. The first-order valence-corrected chi connectivity index (χ1v) is 7.22. The number of rotatable bonds is 4. The van der Waals surface area contributed by atoms with Crippen molar-refractivity contribution in [3.8, 4) is 11.5 Å². The molecule has 0 aliphatic carbocycles. The number of hydrogen-bond acceptors (Lipinski definition) is 4. The Balaban J connectivity index is 2.37. The minimum atomic E-state index is -0.510. The molecule has 0 radical (unpaired) electrons.